The van der Waals surface area contributed by atoms with Crippen LogP contribution >= 0.6 is 0 Å². The van der Waals surface area contributed by atoms with Gasteiger partial charge in [-0.05, 0) is 23.8 Å². The van der Waals surface area contributed by atoms with E-state index in [0.717, 1.165) is 0 Å². The highest BCUT2D eigenvalue weighted by molar-refractivity contribution is 5.90. The van der Waals surface area contributed by atoms with Gasteiger partial charge in [-0.2, -0.15) is 0 Å². The smallest absolute Gasteiger partial charge is 0.308 e. The zero-order valence-electron chi connectivity index (χ0n) is 10.5. The second kappa shape index (κ2) is 6.34. The molecule has 0 aliphatic carbocycles. The van der Waals surface area contributed by atoms with Gasteiger partial charge in [0.05, 0.1) is 0 Å². The van der Waals surface area contributed by atoms with Crippen LogP contribution in [0.3, 0.4) is 0 Å². The minimum atomic E-state index is -0.599. The van der Waals surface area contributed by atoms with E-state index in [2.05, 4.69) is 0 Å². The molecule has 0 aliphatic heterocycles. The fourth-order valence-electron chi connectivity index (χ4n) is 1.28. The van der Waals surface area contributed by atoms with Gasteiger partial charge in [0.15, 0.2) is 11.5 Å². The van der Waals surface area contributed by atoms with Gasteiger partial charge in [-0.15, -0.1) is 0 Å². The van der Waals surface area contributed by atoms with E-state index >= 15 is 0 Å². The van der Waals surface area contributed by atoms with Crippen LogP contribution in [0.1, 0.15) is 19.4 Å². The summed E-state index contributed by atoms with van der Waals surface area (Å²) in [6, 6.07) is 4.50. The van der Waals surface area contributed by atoms with Crippen LogP contribution in [0.4, 0.5) is 0 Å². The number of primary amides is 1. The Bertz CT molecular complexity index is 548. The topological polar surface area (TPSA) is 95.7 Å². The van der Waals surface area contributed by atoms with Crippen LogP contribution in [0, 0.1) is 0 Å². The minimum absolute atomic E-state index is 0.0920. The molecule has 0 saturated heterocycles. The first-order valence-corrected chi connectivity index (χ1v) is 5.37. The summed E-state index contributed by atoms with van der Waals surface area (Å²) < 4.78 is 9.82. The molecule has 0 radical (unpaired) electrons. The molecule has 100 valence electrons. The lowest BCUT2D eigenvalue weighted by Gasteiger charge is -2.09. The highest BCUT2D eigenvalue weighted by Crippen LogP contribution is 2.29. The lowest BCUT2D eigenvalue weighted by atomic mass is 10.2. The van der Waals surface area contributed by atoms with Gasteiger partial charge in [-0.25, -0.2) is 0 Å². The SMILES string of the molecule is CC(=O)Oc1ccc(/C=C\C(N)=O)cc1OC(C)=O. The molecule has 1 rings (SSSR count). The van der Waals surface area contributed by atoms with Crippen LogP contribution in [0.2, 0.25) is 0 Å². The molecule has 6 nitrogen and oxygen atoms in total. The second-order valence-electron chi connectivity index (χ2n) is 3.63. The van der Waals surface area contributed by atoms with Crippen molar-refractivity contribution in [1.29, 1.82) is 0 Å². The van der Waals surface area contributed by atoms with Crippen molar-refractivity contribution in [2.45, 2.75) is 13.8 Å². The maximum Gasteiger partial charge on any atom is 0.308 e. The lowest BCUT2D eigenvalue weighted by molar-refractivity contribution is -0.134. The van der Waals surface area contributed by atoms with E-state index in [-0.39, 0.29) is 11.5 Å². The molecular formula is C13H13NO5. The molecule has 1 aromatic rings. The van der Waals surface area contributed by atoms with Crippen LogP contribution in [0.5, 0.6) is 11.5 Å². The number of ether oxygens (including phenoxy) is 2. The van der Waals surface area contributed by atoms with Crippen molar-refractivity contribution in [2.24, 2.45) is 5.73 Å². The number of hydrogen-bond acceptors (Lipinski definition) is 5. The molecule has 0 spiro atoms. The summed E-state index contributed by atoms with van der Waals surface area (Å²) in [6.07, 6.45) is 2.62. The number of benzene rings is 1. The average molecular weight is 263 g/mol. The minimum Gasteiger partial charge on any atom is -0.423 e. The number of esters is 2. The monoisotopic (exact) mass is 263 g/mol. The maximum absolute atomic E-state index is 11.0. The van der Waals surface area contributed by atoms with Crippen LogP contribution < -0.4 is 15.2 Å². The van der Waals surface area contributed by atoms with Crippen molar-refractivity contribution >= 4 is 23.9 Å². The summed E-state index contributed by atoms with van der Waals surface area (Å²) in [4.78, 5) is 32.5. The van der Waals surface area contributed by atoms with E-state index in [1.54, 1.807) is 6.07 Å². The zero-order chi connectivity index (χ0) is 14.4. The Morgan fingerprint density at radius 1 is 1.05 bits per heavy atom. The van der Waals surface area contributed by atoms with Crippen molar-refractivity contribution in [3.8, 4) is 11.5 Å². The number of amides is 1. The number of rotatable bonds is 4. The Morgan fingerprint density at radius 2 is 1.63 bits per heavy atom. The fourth-order valence-corrected chi connectivity index (χ4v) is 1.28. The molecule has 0 fully saturated rings. The molecule has 1 aromatic carbocycles. The summed E-state index contributed by atoms with van der Waals surface area (Å²) in [5, 5.41) is 0. The largest absolute Gasteiger partial charge is 0.423 e. The number of hydrogen-bond donors (Lipinski definition) is 1. The molecule has 0 unspecified atom stereocenters. The van der Waals surface area contributed by atoms with Crippen LogP contribution in [0.25, 0.3) is 6.08 Å². The van der Waals surface area contributed by atoms with Gasteiger partial charge in [0, 0.05) is 19.9 Å². The van der Waals surface area contributed by atoms with Gasteiger partial charge in [0.25, 0.3) is 0 Å². The Morgan fingerprint density at radius 3 is 2.16 bits per heavy atom. The molecule has 0 heterocycles. The van der Waals surface area contributed by atoms with Crippen molar-refractivity contribution < 1.29 is 23.9 Å². The normalized spacial score (nSPS) is 10.2. The van der Waals surface area contributed by atoms with E-state index in [9.17, 15) is 14.4 Å². The van der Waals surface area contributed by atoms with Crippen LogP contribution in [-0.2, 0) is 14.4 Å². The van der Waals surface area contributed by atoms with E-state index in [4.69, 9.17) is 15.2 Å². The van der Waals surface area contributed by atoms with Crippen molar-refractivity contribution in [1.82, 2.24) is 0 Å². The Labute approximate surface area is 109 Å². The standard InChI is InChI=1S/C13H13NO5/c1-8(15)18-11-5-3-10(4-6-13(14)17)7-12(11)19-9(2)16/h3-7H,1-2H3,(H2,14,17)/b6-4-. The third kappa shape index (κ3) is 5.03. The van der Waals surface area contributed by atoms with E-state index in [1.807, 2.05) is 0 Å². The molecule has 1 amide bonds. The third-order valence-electron chi connectivity index (χ3n) is 1.92. The molecule has 0 saturated carbocycles. The molecule has 0 aromatic heterocycles. The highest BCUT2D eigenvalue weighted by Gasteiger charge is 2.10. The van der Waals surface area contributed by atoms with Gasteiger partial charge >= 0.3 is 11.9 Å². The first-order chi connectivity index (χ1) is 8.88. The molecule has 19 heavy (non-hydrogen) atoms. The van der Waals surface area contributed by atoms with Crippen molar-refractivity contribution in [3.63, 3.8) is 0 Å². The van der Waals surface area contributed by atoms with E-state index in [1.165, 1.54) is 38.1 Å². The van der Waals surface area contributed by atoms with Crippen LogP contribution in [0.15, 0.2) is 24.3 Å². The summed E-state index contributed by atoms with van der Waals surface area (Å²) >= 11 is 0. The molecule has 0 atom stereocenters. The summed E-state index contributed by atoms with van der Waals surface area (Å²) in [5.74, 6) is -1.47. The molecule has 2 N–H and O–H groups in total. The van der Waals surface area contributed by atoms with Gasteiger partial charge in [0.1, 0.15) is 0 Å². The predicted octanol–water partition coefficient (Wildman–Crippen LogP) is 1.04. The van der Waals surface area contributed by atoms with Gasteiger partial charge in [0.2, 0.25) is 5.91 Å². The van der Waals surface area contributed by atoms with Gasteiger partial charge in [-0.3, -0.25) is 14.4 Å². The molecule has 0 aliphatic rings. The number of carbonyl (C=O) groups excluding carboxylic acids is 3. The molecular weight excluding hydrogens is 250 g/mol. The summed E-state index contributed by atoms with van der Waals surface area (Å²) in [6.45, 7) is 2.46. The quantitative estimate of drug-likeness (QED) is 0.497. The highest BCUT2D eigenvalue weighted by atomic mass is 16.6. The van der Waals surface area contributed by atoms with Crippen LogP contribution in [-0.4, -0.2) is 17.8 Å². The van der Waals surface area contributed by atoms with E-state index < -0.39 is 17.8 Å². The van der Waals surface area contributed by atoms with Crippen molar-refractivity contribution in [3.05, 3.63) is 29.8 Å². The maximum atomic E-state index is 11.0. The third-order valence-corrected chi connectivity index (χ3v) is 1.92. The summed E-state index contributed by atoms with van der Waals surface area (Å²) in [7, 11) is 0. The number of nitrogens with two attached hydrogens (primary N) is 1. The second-order valence-corrected chi connectivity index (χ2v) is 3.63. The van der Waals surface area contributed by atoms with E-state index in [0.29, 0.717) is 5.56 Å². The van der Waals surface area contributed by atoms with Gasteiger partial charge in [-0.1, -0.05) is 6.07 Å². The first kappa shape index (κ1) is 14.4. The molecule has 6 heteroatoms. The van der Waals surface area contributed by atoms with Gasteiger partial charge < -0.3 is 15.2 Å². The predicted molar refractivity (Wildman–Crippen MR) is 67.3 cm³/mol. The first-order valence-electron chi connectivity index (χ1n) is 5.37. The molecule has 0 bridgehead atoms. The Balaban J connectivity index is 3.10. The average Bonchev–Trinajstić information content (AvgIpc) is 2.28. The fraction of sp³-hybridized carbons (Fsp3) is 0.154. The van der Waals surface area contributed by atoms with Crippen molar-refractivity contribution in [2.75, 3.05) is 0 Å². The number of carbonyl (C=O) groups is 3. The zero-order valence-corrected chi connectivity index (χ0v) is 10.5. The summed E-state index contributed by atoms with van der Waals surface area (Å²) in [5.41, 5.74) is 5.55. The lowest BCUT2D eigenvalue weighted by Crippen LogP contribution is -2.07. The Kier molecular flexibility index (Phi) is 4.82. The Hall–Kier alpha value is -2.63.